The number of hydrogen-bond acceptors (Lipinski definition) is 4. The lowest BCUT2D eigenvalue weighted by Gasteiger charge is -2.18. The van der Waals surface area contributed by atoms with Gasteiger partial charge < -0.3 is 20.1 Å². The number of amides is 1. The van der Waals surface area contributed by atoms with E-state index >= 15 is 0 Å². The smallest absolute Gasteiger partial charge is 0.246 e. The Morgan fingerprint density at radius 2 is 2.27 bits per heavy atom. The SMILES string of the molecule is CO[C@H]1CNCC1NC(=O)COC(C)C. The van der Waals surface area contributed by atoms with Gasteiger partial charge in [0.2, 0.25) is 5.91 Å². The molecule has 5 heteroatoms. The number of rotatable bonds is 5. The summed E-state index contributed by atoms with van der Waals surface area (Å²) in [5.74, 6) is -0.0838. The molecule has 5 nitrogen and oxygen atoms in total. The van der Waals surface area contributed by atoms with Gasteiger partial charge >= 0.3 is 0 Å². The van der Waals surface area contributed by atoms with Crippen molar-refractivity contribution in [3.63, 3.8) is 0 Å². The fourth-order valence-electron chi connectivity index (χ4n) is 1.54. The molecular formula is C10H20N2O3. The van der Waals surface area contributed by atoms with Crippen molar-refractivity contribution in [3.05, 3.63) is 0 Å². The van der Waals surface area contributed by atoms with Crippen LogP contribution in [-0.2, 0) is 14.3 Å². The van der Waals surface area contributed by atoms with E-state index in [0.29, 0.717) is 0 Å². The highest BCUT2D eigenvalue weighted by Gasteiger charge is 2.27. The summed E-state index contributed by atoms with van der Waals surface area (Å²) in [6, 6.07) is 0.0539. The van der Waals surface area contributed by atoms with Crippen LogP contribution in [0.4, 0.5) is 0 Å². The van der Waals surface area contributed by atoms with E-state index in [1.54, 1.807) is 7.11 Å². The minimum Gasteiger partial charge on any atom is -0.378 e. The van der Waals surface area contributed by atoms with Gasteiger partial charge in [-0.15, -0.1) is 0 Å². The number of methoxy groups -OCH3 is 1. The average molecular weight is 216 g/mol. The maximum Gasteiger partial charge on any atom is 0.246 e. The molecule has 15 heavy (non-hydrogen) atoms. The second kappa shape index (κ2) is 6.05. The first-order valence-electron chi connectivity index (χ1n) is 5.28. The highest BCUT2D eigenvalue weighted by Crippen LogP contribution is 2.03. The largest absolute Gasteiger partial charge is 0.378 e. The van der Waals surface area contributed by atoms with Gasteiger partial charge in [0.1, 0.15) is 6.61 Å². The zero-order chi connectivity index (χ0) is 11.3. The number of nitrogens with one attached hydrogen (secondary N) is 2. The molecule has 0 aromatic carbocycles. The zero-order valence-electron chi connectivity index (χ0n) is 9.58. The molecule has 0 bridgehead atoms. The predicted molar refractivity (Wildman–Crippen MR) is 56.7 cm³/mol. The van der Waals surface area contributed by atoms with Gasteiger partial charge in [-0.2, -0.15) is 0 Å². The zero-order valence-corrected chi connectivity index (χ0v) is 9.58. The maximum atomic E-state index is 11.4. The number of carbonyl (C=O) groups is 1. The maximum absolute atomic E-state index is 11.4. The molecule has 88 valence electrons. The van der Waals surface area contributed by atoms with Crippen LogP contribution in [0.25, 0.3) is 0 Å². The fourth-order valence-corrected chi connectivity index (χ4v) is 1.54. The summed E-state index contributed by atoms with van der Waals surface area (Å²) in [5, 5.41) is 6.05. The van der Waals surface area contributed by atoms with Crippen molar-refractivity contribution in [2.45, 2.75) is 32.1 Å². The predicted octanol–water partition coefficient (Wildman–Crippen LogP) is -0.486. The lowest BCUT2D eigenvalue weighted by Crippen LogP contribution is -2.45. The molecule has 2 N–H and O–H groups in total. The highest BCUT2D eigenvalue weighted by atomic mass is 16.5. The van der Waals surface area contributed by atoms with Crippen molar-refractivity contribution in [2.75, 3.05) is 26.8 Å². The van der Waals surface area contributed by atoms with Gasteiger partial charge in [-0.05, 0) is 13.8 Å². The van der Waals surface area contributed by atoms with E-state index in [0.717, 1.165) is 13.1 Å². The molecule has 1 saturated heterocycles. The van der Waals surface area contributed by atoms with Crippen LogP contribution in [0, 0.1) is 0 Å². The third kappa shape index (κ3) is 4.15. The Balaban J connectivity index is 2.24. The third-order valence-electron chi connectivity index (χ3n) is 2.36. The van der Waals surface area contributed by atoms with E-state index in [-0.39, 0.29) is 30.8 Å². The van der Waals surface area contributed by atoms with Crippen LogP contribution in [0.2, 0.25) is 0 Å². The lowest BCUT2D eigenvalue weighted by atomic mass is 10.2. The van der Waals surface area contributed by atoms with Gasteiger partial charge in [0.25, 0.3) is 0 Å². The monoisotopic (exact) mass is 216 g/mol. The van der Waals surface area contributed by atoms with Crippen molar-refractivity contribution >= 4 is 5.91 Å². The van der Waals surface area contributed by atoms with E-state index in [9.17, 15) is 4.79 Å². The Morgan fingerprint density at radius 3 is 2.87 bits per heavy atom. The van der Waals surface area contributed by atoms with Gasteiger partial charge in [0.15, 0.2) is 0 Å². The minimum absolute atomic E-state index is 0.0539. The molecule has 1 rings (SSSR count). The topological polar surface area (TPSA) is 59.6 Å². The van der Waals surface area contributed by atoms with E-state index in [4.69, 9.17) is 9.47 Å². The molecule has 2 atom stereocenters. The molecule has 0 aromatic heterocycles. The van der Waals surface area contributed by atoms with E-state index in [2.05, 4.69) is 10.6 Å². The highest BCUT2D eigenvalue weighted by molar-refractivity contribution is 5.77. The molecule has 1 aliphatic rings. The van der Waals surface area contributed by atoms with Crippen LogP contribution in [0.3, 0.4) is 0 Å². The molecule has 0 spiro atoms. The van der Waals surface area contributed by atoms with Crippen LogP contribution in [0.5, 0.6) is 0 Å². The van der Waals surface area contributed by atoms with E-state index in [1.807, 2.05) is 13.8 Å². The standard InChI is InChI=1S/C10H20N2O3/c1-7(2)15-6-10(13)12-8-4-11-5-9(8)14-3/h7-9,11H,4-6H2,1-3H3,(H,12,13)/t8?,9-/m0/s1. The first-order valence-corrected chi connectivity index (χ1v) is 5.28. The Kier molecular flexibility index (Phi) is 5.01. The Morgan fingerprint density at radius 1 is 1.53 bits per heavy atom. The molecule has 1 amide bonds. The first kappa shape index (κ1) is 12.4. The van der Waals surface area contributed by atoms with Crippen molar-refractivity contribution in [3.8, 4) is 0 Å². The Hall–Kier alpha value is -0.650. The third-order valence-corrected chi connectivity index (χ3v) is 2.36. The molecule has 1 unspecified atom stereocenters. The van der Waals surface area contributed by atoms with Crippen LogP contribution >= 0.6 is 0 Å². The molecule has 1 heterocycles. The first-order chi connectivity index (χ1) is 7.13. The molecule has 1 fully saturated rings. The lowest BCUT2D eigenvalue weighted by molar-refractivity contribution is -0.128. The second-order valence-corrected chi connectivity index (χ2v) is 3.97. The average Bonchev–Trinajstić information content (AvgIpc) is 2.62. The molecule has 0 radical (unpaired) electrons. The van der Waals surface area contributed by atoms with Crippen LogP contribution < -0.4 is 10.6 Å². The quantitative estimate of drug-likeness (QED) is 0.651. The van der Waals surface area contributed by atoms with Gasteiger partial charge in [0, 0.05) is 20.2 Å². The summed E-state index contributed by atoms with van der Waals surface area (Å²) in [7, 11) is 1.65. The molecule has 0 aromatic rings. The summed E-state index contributed by atoms with van der Waals surface area (Å²) < 4.78 is 10.4. The van der Waals surface area contributed by atoms with Crippen molar-refractivity contribution in [2.24, 2.45) is 0 Å². The summed E-state index contributed by atoms with van der Waals surface area (Å²) in [5.41, 5.74) is 0. The summed E-state index contributed by atoms with van der Waals surface area (Å²) in [6.45, 7) is 5.47. The summed E-state index contributed by atoms with van der Waals surface area (Å²) in [4.78, 5) is 11.4. The van der Waals surface area contributed by atoms with E-state index < -0.39 is 0 Å². The fraction of sp³-hybridized carbons (Fsp3) is 0.900. The van der Waals surface area contributed by atoms with Crippen LogP contribution in [-0.4, -0.2) is 51.0 Å². The molecule has 1 aliphatic heterocycles. The summed E-state index contributed by atoms with van der Waals surface area (Å²) in [6.07, 6.45) is 0.142. The van der Waals surface area contributed by atoms with Crippen molar-refractivity contribution < 1.29 is 14.3 Å². The van der Waals surface area contributed by atoms with Crippen molar-refractivity contribution in [1.29, 1.82) is 0 Å². The van der Waals surface area contributed by atoms with Crippen LogP contribution in [0.15, 0.2) is 0 Å². The summed E-state index contributed by atoms with van der Waals surface area (Å²) >= 11 is 0. The molecule has 0 saturated carbocycles. The van der Waals surface area contributed by atoms with Gasteiger partial charge in [-0.25, -0.2) is 0 Å². The number of hydrogen-bond donors (Lipinski definition) is 2. The number of ether oxygens (including phenoxy) is 2. The van der Waals surface area contributed by atoms with Gasteiger partial charge in [0.05, 0.1) is 18.2 Å². The Bertz CT molecular complexity index is 209. The normalized spacial score (nSPS) is 25.9. The number of carbonyl (C=O) groups excluding carboxylic acids is 1. The van der Waals surface area contributed by atoms with Gasteiger partial charge in [-0.1, -0.05) is 0 Å². The van der Waals surface area contributed by atoms with Crippen molar-refractivity contribution in [1.82, 2.24) is 10.6 Å². The van der Waals surface area contributed by atoms with Gasteiger partial charge in [-0.3, -0.25) is 4.79 Å². The van der Waals surface area contributed by atoms with Crippen LogP contribution in [0.1, 0.15) is 13.8 Å². The Labute approximate surface area is 90.5 Å². The molecule has 0 aliphatic carbocycles. The second-order valence-electron chi connectivity index (χ2n) is 3.97. The minimum atomic E-state index is -0.0838. The molecular weight excluding hydrogens is 196 g/mol. The van der Waals surface area contributed by atoms with E-state index in [1.165, 1.54) is 0 Å².